The molecule has 0 unspecified atom stereocenters. The quantitative estimate of drug-likeness (QED) is 0.703. The number of nitrogens with zero attached hydrogens (tertiary/aromatic N) is 3. The van der Waals surface area contributed by atoms with Crippen LogP contribution in [0.1, 0.15) is 20.8 Å². The molecule has 136 valence electrons. The van der Waals surface area contributed by atoms with E-state index < -0.39 is 21.3 Å². The average Bonchev–Trinajstić information content (AvgIpc) is 2.58. The summed E-state index contributed by atoms with van der Waals surface area (Å²) in [5, 5.41) is 0. The average molecular weight is 430 g/mol. The zero-order valence-corrected chi connectivity index (χ0v) is 16.7. The summed E-state index contributed by atoms with van der Waals surface area (Å²) in [5.74, 6) is 0. The monoisotopic (exact) mass is 429 g/mol. The molecule has 7 nitrogen and oxygen atoms in total. The summed E-state index contributed by atoms with van der Waals surface area (Å²) >= 11 is 3.24. The van der Waals surface area contributed by atoms with E-state index in [2.05, 4.69) is 15.9 Å². The van der Waals surface area contributed by atoms with Crippen molar-refractivity contribution in [2.45, 2.75) is 38.8 Å². The maximum Gasteiger partial charge on any atom is 0.331 e. The first-order valence-corrected chi connectivity index (χ1v) is 10.1. The van der Waals surface area contributed by atoms with Crippen molar-refractivity contribution in [3.8, 4) is 0 Å². The van der Waals surface area contributed by atoms with E-state index in [1.807, 2.05) is 0 Å². The van der Waals surface area contributed by atoms with E-state index in [0.29, 0.717) is 11.0 Å². The Labute approximate surface area is 154 Å². The largest absolute Gasteiger partial charge is 0.331 e. The van der Waals surface area contributed by atoms with Crippen LogP contribution in [-0.2, 0) is 23.1 Å². The molecule has 0 spiro atoms. The van der Waals surface area contributed by atoms with Gasteiger partial charge in [0.1, 0.15) is 10.6 Å². The van der Waals surface area contributed by atoms with Gasteiger partial charge < -0.3 is 0 Å². The van der Waals surface area contributed by atoms with Gasteiger partial charge in [0, 0.05) is 30.3 Å². The molecular formula is C16H20BrN3O4S. The number of benzene rings is 1. The van der Waals surface area contributed by atoms with E-state index in [9.17, 15) is 18.0 Å². The van der Waals surface area contributed by atoms with Crippen molar-refractivity contribution in [1.29, 1.82) is 0 Å². The van der Waals surface area contributed by atoms with E-state index in [1.165, 1.54) is 16.8 Å². The fraction of sp³-hybridized carbons (Fsp3) is 0.375. The number of sulfonamides is 1. The third-order valence-corrected chi connectivity index (χ3v) is 6.74. The van der Waals surface area contributed by atoms with Crippen LogP contribution in [0.4, 0.5) is 5.69 Å². The minimum atomic E-state index is -3.96. The third-order valence-electron chi connectivity index (χ3n) is 3.84. The third kappa shape index (κ3) is 3.43. The molecule has 0 amide bonds. The molecule has 2 aromatic rings. The van der Waals surface area contributed by atoms with Gasteiger partial charge in [-0.2, -0.15) is 0 Å². The Hall–Kier alpha value is -1.87. The van der Waals surface area contributed by atoms with Gasteiger partial charge in [-0.15, -0.1) is 0 Å². The Kier molecular flexibility index (Phi) is 5.89. The molecule has 0 N–H and O–H groups in total. The van der Waals surface area contributed by atoms with Crippen molar-refractivity contribution in [2.24, 2.45) is 0 Å². The standard InChI is InChI=1S/C16H20BrN3O4S/c1-4-18-11-13(15(21)19(5-2)16(18)22)20(6-3)25(23,24)14-10-8-7-9-12(14)17/h7-11H,4-6H2,1-3H3. The molecule has 0 aliphatic heterocycles. The van der Waals surface area contributed by atoms with Crippen LogP contribution in [-0.4, -0.2) is 24.1 Å². The highest BCUT2D eigenvalue weighted by Crippen LogP contribution is 2.26. The van der Waals surface area contributed by atoms with Gasteiger partial charge in [0.05, 0.1) is 0 Å². The summed E-state index contributed by atoms with van der Waals surface area (Å²) in [7, 11) is -3.96. The highest BCUT2D eigenvalue weighted by Gasteiger charge is 2.28. The molecule has 2 rings (SSSR count). The lowest BCUT2D eigenvalue weighted by Gasteiger charge is -2.24. The van der Waals surface area contributed by atoms with Crippen LogP contribution in [0.2, 0.25) is 0 Å². The van der Waals surface area contributed by atoms with Crippen molar-refractivity contribution in [1.82, 2.24) is 9.13 Å². The summed E-state index contributed by atoms with van der Waals surface area (Å²) in [5.41, 5.74) is -1.11. The number of hydrogen-bond donors (Lipinski definition) is 0. The van der Waals surface area contributed by atoms with Gasteiger partial charge in [-0.1, -0.05) is 12.1 Å². The van der Waals surface area contributed by atoms with Crippen LogP contribution >= 0.6 is 15.9 Å². The van der Waals surface area contributed by atoms with E-state index in [-0.39, 0.29) is 23.7 Å². The number of halogens is 1. The Morgan fingerprint density at radius 2 is 1.72 bits per heavy atom. The van der Waals surface area contributed by atoms with Gasteiger partial charge in [-0.25, -0.2) is 13.2 Å². The van der Waals surface area contributed by atoms with Gasteiger partial charge in [-0.05, 0) is 48.8 Å². The second-order valence-electron chi connectivity index (χ2n) is 5.23. The van der Waals surface area contributed by atoms with Gasteiger partial charge in [0.15, 0.2) is 0 Å². The second kappa shape index (κ2) is 7.57. The molecule has 0 saturated carbocycles. The predicted octanol–water partition coefficient (Wildman–Crippen LogP) is 2.03. The lowest BCUT2D eigenvalue weighted by Crippen LogP contribution is -2.44. The minimum Gasteiger partial charge on any atom is -0.299 e. The number of anilines is 1. The Bertz CT molecular complexity index is 995. The number of hydrogen-bond acceptors (Lipinski definition) is 4. The molecule has 0 saturated heterocycles. The van der Waals surface area contributed by atoms with Crippen molar-refractivity contribution >= 4 is 31.6 Å². The number of aryl methyl sites for hydroxylation is 1. The number of aromatic nitrogens is 2. The first kappa shape index (κ1) is 19.5. The first-order valence-electron chi connectivity index (χ1n) is 7.91. The maximum atomic E-state index is 13.1. The molecule has 1 aromatic heterocycles. The summed E-state index contributed by atoms with van der Waals surface area (Å²) in [6.45, 7) is 5.63. The fourth-order valence-corrected chi connectivity index (χ4v) is 4.98. The molecular weight excluding hydrogens is 410 g/mol. The summed E-state index contributed by atoms with van der Waals surface area (Å²) in [6, 6.07) is 6.41. The van der Waals surface area contributed by atoms with Crippen LogP contribution in [0.15, 0.2) is 49.4 Å². The summed E-state index contributed by atoms with van der Waals surface area (Å²) in [6.07, 6.45) is 1.31. The zero-order valence-electron chi connectivity index (χ0n) is 14.3. The first-order chi connectivity index (χ1) is 11.8. The van der Waals surface area contributed by atoms with Gasteiger partial charge >= 0.3 is 5.69 Å². The lowest BCUT2D eigenvalue weighted by molar-refractivity contribution is 0.577. The Morgan fingerprint density at radius 3 is 2.24 bits per heavy atom. The fourth-order valence-electron chi connectivity index (χ4n) is 2.56. The Balaban J connectivity index is 2.77. The topological polar surface area (TPSA) is 81.4 Å². The van der Waals surface area contributed by atoms with E-state index in [0.717, 1.165) is 8.87 Å². The molecule has 1 aromatic carbocycles. The predicted molar refractivity (Wildman–Crippen MR) is 101 cm³/mol. The molecule has 0 aliphatic carbocycles. The molecule has 0 aliphatic rings. The maximum absolute atomic E-state index is 13.1. The molecule has 0 fully saturated rings. The van der Waals surface area contributed by atoms with Crippen molar-refractivity contribution in [2.75, 3.05) is 10.8 Å². The number of rotatable bonds is 6. The molecule has 0 atom stereocenters. The second-order valence-corrected chi connectivity index (χ2v) is 7.92. The van der Waals surface area contributed by atoms with Gasteiger partial charge in [0.2, 0.25) is 0 Å². The van der Waals surface area contributed by atoms with Crippen molar-refractivity contribution in [3.05, 3.63) is 55.8 Å². The molecule has 0 bridgehead atoms. The molecule has 0 radical (unpaired) electrons. The lowest BCUT2D eigenvalue weighted by atomic mass is 10.4. The van der Waals surface area contributed by atoms with E-state index in [4.69, 9.17) is 0 Å². The highest BCUT2D eigenvalue weighted by molar-refractivity contribution is 9.10. The molecule has 25 heavy (non-hydrogen) atoms. The SMILES string of the molecule is CCN(c1cn(CC)c(=O)n(CC)c1=O)S(=O)(=O)c1ccccc1Br. The Morgan fingerprint density at radius 1 is 1.08 bits per heavy atom. The van der Waals surface area contributed by atoms with Crippen LogP contribution in [0, 0.1) is 0 Å². The van der Waals surface area contributed by atoms with E-state index >= 15 is 0 Å². The summed E-state index contributed by atoms with van der Waals surface area (Å²) in [4.78, 5) is 25.0. The summed E-state index contributed by atoms with van der Waals surface area (Å²) < 4.78 is 30.0. The minimum absolute atomic E-state index is 0.0402. The molecule has 1 heterocycles. The van der Waals surface area contributed by atoms with Crippen LogP contribution in [0.3, 0.4) is 0 Å². The highest BCUT2D eigenvalue weighted by atomic mass is 79.9. The van der Waals surface area contributed by atoms with Crippen LogP contribution in [0.5, 0.6) is 0 Å². The normalized spacial score (nSPS) is 11.5. The van der Waals surface area contributed by atoms with Crippen LogP contribution in [0.25, 0.3) is 0 Å². The van der Waals surface area contributed by atoms with Gasteiger partial charge in [-0.3, -0.25) is 18.2 Å². The van der Waals surface area contributed by atoms with Gasteiger partial charge in [0.25, 0.3) is 15.6 Å². The van der Waals surface area contributed by atoms with E-state index in [1.54, 1.807) is 39.0 Å². The molecule has 9 heteroatoms. The zero-order chi connectivity index (χ0) is 18.8. The van der Waals surface area contributed by atoms with Crippen molar-refractivity contribution < 1.29 is 8.42 Å². The van der Waals surface area contributed by atoms with Crippen LogP contribution < -0.4 is 15.6 Å². The smallest absolute Gasteiger partial charge is 0.299 e. The van der Waals surface area contributed by atoms with Crippen molar-refractivity contribution in [3.63, 3.8) is 0 Å².